The van der Waals surface area contributed by atoms with Crippen LogP contribution in [-0.2, 0) is 4.74 Å². The molecule has 0 radical (unpaired) electrons. The Bertz CT molecular complexity index is 390. The molecule has 0 bridgehead atoms. The number of carbonyl (C=O) groups is 2. The van der Waals surface area contributed by atoms with Crippen LogP contribution in [0, 0.1) is 0 Å². The van der Waals surface area contributed by atoms with E-state index < -0.39 is 6.09 Å². The van der Waals surface area contributed by atoms with E-state index in [4.69, 9.17) is 4.74 Å². The Morgan fingerprint density at radius 1 is 1.53 bits per heavy atom. The minimum absolute atomic E-state index is 0.191. The molecule has 1 rings (SSSR count). The van der Waals surface area contributed by atoms with Gasteiger partial charge in [0.25, 0.3) is 0 Å². The second-order valence-corrected chi connectivity index (χ2v) is 4.16. The summed E-state index contributed by atoms with van der Waals surface area (Å²) in [6.45, 7) is 3.52. The highest BCUT2D eigenvalue weighted by Crippen LogP contribution is 2.07. The second kappa shape index (κ2) is 5.02. The summed E-state index contributed by atoms with van der Waals surface area (Å²) in [6, 6.07) is 1.62. The van der Waals surface area contributed by atoms with Gasteiger partial charge in [0.15, 0.2) is 18.7 Å². The van der Waals surface area contributed by atoms with Gasteiger partial charge in [0.05, 0.1) is 10.0 Å². The summed E-state index contributed by atoms with van der Waals surface area (Å²) in [7, 11) is 0. The topological polar surface area (TPSA) is 47.2 Å². The molecule has 0 spiro atoms. The highest BCUT2D eigenvalue weighted by Gasteiger charge is 2.19. The maximum atomic E-state index is 11.5. The van der Waals surface area contributed by atoms with Gasteiger partial charge in [-0.05, 0) is 35.8 Å². The third-order valence-electron chi connectivity index (χ3n) is 1.54. The van der Waals surface area contributed by atoms with E-state index in [0.717, 1.165) is 0 Å². The molecule has 0 fully saturated rings. The van der Waals surface area contributed by atoms with Crippen molar-refractivity contribution >= 4 is 28.3 Å². The van der Waals surface area contributed by atoms with Crippen molar-refractivity contribution in [2.45, 2.75) is 20.0 Å². The molecule has 0 saturated carbocycles. The van der Waals surface area contributed by atoms with Gasteiger partial charge in [0, 0.05) is 0 Å². The van der Waals surface area contributed by atoms with Crippen molar-refractivity contribution in [1.29, 1.82) is 0 Å². The second-order valence-electron chi connectivity index (χ2n) is 3.25. The SMILES string of the molecule is CC(C)OC(=O)[n+]1cc(Br)cc(C=O)c1. The lowest BCUT2D eigenvalue weighted by atomic mass is 10.3. The van der Waals surface area contributed by atoms with E-state index in [-0.39, 0.29) is 6.10 Å². The van der Waals surface area contributed by atoms with Crippen molar-refractivity contribution in [3.05, 3.63) is 28.5 Å². The fourth-order valence-corrected chi connectivity index (χ4v) is 1.48. The fraction of sp³-hybridized carbons (Fsp3) is 0.300. The van der Waals surface area contributed by atoms with Crippen LogP contribution in [0.5, 0.6) is 0 Å². The molecular formula is C10H11BrNO3+. The van der Waals surface area contributed by atoms with Crippen LogP contribution in [-0.4, -0.2) is 18.5 Å². The maximum absolute atomic E-state index is 11.5. The number of hydrogen-bond acceptors (Lipinski definition) is 3. The van der Waals surface area contributed by atoms with Gasteiger partial charge in [-0.15, -0.1) is 0 Å². The monoisotopic (exact) mass is 272 g/mol. The lowest BCUT2D eigenvalue weighted by molar-refractivity contribution is -0.587. The van der Waals surface area contributed by atoms with E-state index in [1.54, 1.807) is 19.9 Å². The van der Waals surface area contributed by atoms with Gasteiger partial charge in [0.1, 0.15) is 6.10 Å². The molecule has 4 nitrogen and oxygen atoms in total. The molecule has 1 heterocycles. The van der Waals surface area contributed by atoms with Gasteiger partial charge in [-0.25, -0.2) is 0 Å². The molecule has 0 saturated heterocycles. The number of carbonyl (C=O) groups excluding carboxylic acids is 2. The summed E-state index contributed by atoms with van der Waals surface area (Å²) >= 11 is 3.20. The van der Waals surface area contributed by atoms with Crippen LogP contribution in [0.1, 0.15) is 24.2 Å². The third kappa shape index (κ3) is 3.43. The molecule has 1 aromatic rings. The molecule has 15 heavy (non-hydrogen) atoms. The summed E-state index contributed by atoms with van der Waals surface area (Å²) in [4.78, 5) is 22.0. The fourth-order valence-electron chi connectivity index (χ4n) is 0.997. The number of halogens is 1. The predicted octanol–water partition coefficient (Wildman–Crippen LogP) is 1.94. The molecule has 0 aliphatic heterocycles. The van der Waals surface area contributed by atoms with Gasteiger partial charge in [0.2, 0.25) is 0 Å². The van der Waals surface area contributed by atoms with Crippen LogP contribution in [0.3, 0.4) is 0 Å². The van der Waals surface area contributed by atoms with Crippen LogP contribution < -0.4 is 4.57 Å². The van der Waals surface area contributed by atoms with Crippen molar-refractivity contribution in [3.8, 4) is 0 Å². The summed E-state index contributed by atoms with van der Waals surface area (Å²) in [6.07, 6.45) is 2.93. The first-order valence-corrected chi connectivity index (χ1v) is 5.20. The first-order valence-electron chi connectivity index (χ1n) is 4.41. The summed E-state index contributed by atoms with van der Waals surface area (Å²) in [5.74, 6) is 0. The Morgan fingerprint density at radius 3 is 2.73 bits per heavy atom. The molecular weight excluding hydrogens is 262 g/mol. The molecule has 80 valence electrons. The largest absolute Gasteiger partial charge is 0.602 e. The van der Waals surface area contributed by atoms with Gasteiger partial charge < -0.3 is 4.74 Å². The van der Waals surface area contributed by atoms with Crippen LogP contribution in [0.2, 0.25) is 0 Å². The van der Waals surface area contributed by atoms with Crippen molar-refractivity contribution in [2.75, 3.05) is 0 Å². The minimum atomic E-state index is -0.505. The summed E-state index contributed by atoms with van der Waals surface area (Å²) in [5.41, 5.74) is 0.407. The van der Waals surface area contributed by atoms with Crippen LogP contribution >= 0.6 is 15.9 Å². The molecule has 1 aromatic heterocycles. The molecule has 0 unspecified atom stereocenters. The van der Waals surface area contributed by atoms with Gasteiger partial charge >= 0.3 is 6.09 Å². The van der Waals surface area contributed by atoms with E-state index in [0.29, 0.717) is 16.3 Å². The van der Waals surface area contributed by atoms with Crippen LogP contribution in [0.25, 0.3) is 0 Å². The normalized spacial score (nSPS) is 10.1. The number of aromatic nitrogens is 1. The Balaban J connectivity index is 2.98. The van der Waals surface area contributed by atoms with Crippen LogP contribution in [0.15, 0.2) is 22.9 Å². The van der Waals surface area contributed by atoms with Gasteiger partial charge in [-0.1, -0.05) is 4.57 Å². The van der Waals surface area contributed by atoms with Gasteiger partial charge in [-0.3, -0.25) is 4.79 Å². The molecule has 0 aliphatic rings. The third-order valence-corrected chi connectivity index (χ3v) is 1.97. The van der Waals surface area contributed by atoms with Crippen molar-refractivity contribution < 1.29 is 18.9 Å². The number of rotatable bonds is 2. The molecule has 0 N–H and O–H groups in total. The Kier molecular flexibility index (Phi) is 3.96. The molecule has 5 heteroatoms. The Hall–Kier alpha value is -1.23. The van der Waals surface area contributed by atoms with Crippen molar-refractivity contribution in [2.24, 2.45) is 0 Å². The molecule has 0 aromatic carbocycles. The summed E-state index contributed by atoms with van der Waals surface area (Å²) in [5, 5.41) is 0. The number of hydrogen-bond donors (Lipinski definition) is 0. The standard InChI is InChI=1S/C10H11BrNO3/c1-7(2)15-10(14)12-4-8(6-13)3-9(11)5-12/h3-7H,1-2H3/q+1. The Morgan fingerprint density at radius 2 is 2.20 bits per heavy atom. The van der Waals surface area contributed by atoms with Crippen molar-refractivity contribution in [3.63, 3.8) is 0 Å². The summed E-state index contributed by atoms with van der Waals surface area (Å²) < 4.78 is 6.85. The van der Waals surface area contributed by atoms with E-state index in [9.17, 15) is 9.59 Å². The molecule has 0 amide bonds. The van der Waals surface area contributed by atoms with Crippen molar-refractivity contribution in [1.82, 2.24) is 0 Å². The zero-order valence-electron chi connectivity index (χ0n) is 8.44. The average molecular weight is 273 g/mol. The number of pyridine rings is 1. The van der Waals surface area contributed by atoms with E-state index >= 15 is 0 Å². The molecule has 0 aliphatic carbocycles. The quantitative estimate of drug-likeness (QED) is 0.611. The zero-order valence-corrected chi connectivity index (χ0v) is 10.0. The van der Waals surface area contributed by atoms with Gasteiger partial charge in [-0.2, -0.15) is 4.79 Å². The van der Waals surface area contributed by atoms with E-state index in [1.165, 1.54) is 17.0 Å². The average Bonchev–Trinajstić information content (AvgIpc) is 2.15. The predicted molar refractivity (Wildman–Crippen MR) is 56.7 cm³/mol. The maximum Gasteiger partial charge on any atom is 0.602 e. The highest BCUT2D eigenvalue weighted by molar-refractivity contribution is 9.10. The highest BCUT2D eigenvalue weighted by atomic mass is 79.9. The smallest absolute Gasteiger partial charge is 0.409 e. The van der Waals surface area contributed by atoms with E-state index in [2.05, 4.69) is 15.9 Å². The first-order chi connectivity index (χ1) is 7.02. The first kappa shape index (κ1) is 11.8. The Labute approximate surface area is 96.0 Å². The minimum Gasteiger partial charge on any atom is -0.409 e. The number of nitrogens with zero attached hydrogens (tertiary/aromatic N) is 1. The van der Waals surface area contributed by atoms with Crippen LogP contribution in [0.4, 0.5) is 4.79 Å². The zero-order chi connectivity index (χ0) is 11.4. The van der Waals surface area contributed by atoms with E-state index in [1.807, 2.05) is 0 Å². The number of ether oxygens (including phenoxy) is 1. The lowest BCUT2D eigenvalue weighted by Crippen LogP contribution is -2.44. The number of aldehydes is 1. The molecule has 0 atom stereocenters. The lowest BCUT2D eigenvalue weighted by Gasteiger charge is -2.02.